The van der Waals surface area contributed by atoms with Crippen LogP contribution in [0.4, 0.5) is 0 Å². The molecule has 0 radical (unpaired) electrons. The summed E-state index contributed by atoms with van der Waals surface area (Å²) in [5.74, 6) is -2.97. The molecule has 1 saturated carbocycles. The summed E-state index contributed by atoms with van der Waals surface area (Å²) in [7, 11) is 0. The summed E-state index contributed by atoms with van der Waals surface area (Å²) < 4.78 is 0. The van der Waals surface area contributed by atoms with Gasteiger partial charge in [-0.1, -0.05) is 56.3 Å². The lowest BCUT2D eigenvalue weighted by Crippen LogP contribution is -2.55. The summed E-state index contributed by atoms with van der Waals surface area (Å²) in [6, 6.07) is 13.0. The molecule has 2 fully saturated rings. The molecule has 2 aromatic carbocycles. The molecule has 0 bridgehead atoms. The number of aliphatic carboxylic acids is 1. The van der Waals surface area contributed by atoms with Crippen LogP contribution in [0, 0.1) is 5.92 Å². The number of carboxylic acids is 1. The summed E-state index contributed by atoms with van der Waals surface area (Å²) >= 11 is 0. The fraction of sp³-hybridized carbons (Fsp3) is 0.485. The molecule has 1 unspecified atom stereocenters. The normalized spacial score (nSPS) is 18.5. The summed E-state index contributed by atoms with van der Waals surface area (Å²) in [4.78, 5) is 65.9. The van der Waals surface area contributed by atoms with Gasteiger partial charge in [-0.2, -0.15) is 0 Å². The van der Waals surface area contributed by atoms with Crippen LogP contribution in [0.5, 0.6) is 5.75 Å². The van der Waals surface area contributed by atoms with Crippen LogP contribution in [0.2, 0.25) is 0 Å². The molecule has 3 atom stereocenters. The molecule has 4 rings (SSSR count). The van der Waals surface area contributed by atoms with E-state index >= 15 is 0 Å². The number of carboxylic acid groups (broad SMARTS) is 1. The zero-order valence-corrected chi connectivity index (χ0v) is 25.8. The maximum Gasteiger partial charge on any atom is 0.326 e. The Morgan fingerprint density at radius 3 is 2.22 bits per heavy atom. The molecule has 0 aromatic heterocycles. The number of amides is 4. The van der Waals surface area contributed by atoms with Crippen molar-refractivity contribution in [2.75, 3.05) is 13.1 Å². The van der Waals surface area contributed by atoms with Gasteiger partial charge in [-0.15, -0.1) is 0 Å². The van der Waals surface area contributed by atoms with Gasteiger partial charge in [-0.25, -0.2) is 4.79 Å². The minimum Gasteiger partial charge on any atom is -0.508 e. The fourth-order valence-corrected chi connectivity index (χ4v) is 6.12. The number of carbonyl (C=O) groups is 5. The minimum absolute atomic E-state index is 0.0212. The topological polar surface area (TPSA) is 177 Å². The molecule has 2 aliphatic rings. The third-order valence-electron chi connectivity index (χ3n) is 8.33. The van der Waals surface area contributed by atoms with Crippen molar-refractivity contribution in [2.45, 2.75) is 82.6 Å². The number of hydrogen-bond acceptors (Lipinski definition) is 7. The molecule has 242 valence electrons. The molecule has 1 aliphatic heterocycles. The minimum atomic E-state index is -1.16. The quantitative estimate of drug-likeness (QED) is 0.184. The van der Waals surface area contributed by atoms with Crippen molar-refractivity contribution in [3.05, 3.63) is 65.7 Å². The summed E-state index contributed by atoms with van der Waals surface area (Å²) in [5.41, 5.74) is 1.01. The van der Waals surface area contributed by atoms with Crippen molar-refractivity contribution >= 4 is 29.6 Å². The molecule has 12 nitrogen and oxygen atoms in total. The predicted octanol–water partition coefficient (Wildman–Crippen LogP) is 1.46. The van der Waals surface area contributed by atoms with Crippen molar-refractivity contribution < 1.29 is 34.2 Å². The molecule has 4 amide bonds. The Kier molecular flexibility index (Phi) is 11.2. The molecule has 1 heterocycles. The van der Waals surface area contributed by atoms with Crippen LogP contribution in [-0.4, -0.2) is 81.6 Å². The molecular formula is C33H43N5O7. The van der Waals surface area contributed by atoms with E-state index in [4.69, 9.17) is 0 Å². The van der Waals surface area contributed by atoms with Gasteiger partial charge >= 0.3 is 5.97 Å². The lowest BCUT2D eigenvalue weighted by atomic mass is 10.0. The third-order valence-corrected chi connectivity index (χ3v) is 8.33. The van der Waals surface area contributed by atoms with E-state index in [-0.39, 0.29) is 37.0 Å². The standard InChI is InChI=1S/C33H43N5O7/c1-21(2)16-27(32(44)45)36-30(42)25(17-22-8-4-3-5-9-22)35-28(40)19-34-29(41)20-38-31(43)26(37-33(38)14-6-7-15-33)18-23-10-12-24(39)13-11-23/h3-5,8-13,21,25-27,37,39H,6-7,14-20H2,1-2H3,(H,34,41)(H,35,40)(H,36,42)(H,44,45)/t25-,26?,27-/m0/s1. The van der Waals surface area contributed by atoms with Gasteiger partial charge in [0, 0.05) is 6.42 Å². The molecule has 1 aliphatic carbocycles. The van der Waals surface area contributed by atoms with E-state index < -0.39 is 54.0 Å². The van der Waals surface area contributed by atoms with Gasteiger partial charge < -0.3 is 31.1 Å². The van der Waals surface area contributed by atoms with E-state index in [2.05, 4.69) is 21.3 Å². The van der Waals surface area contributed by atoms with E-state index in [1.165, 1.54) is 0 Å². The number of benzene rings is 2. The first-order chi connectivity index (χ1) is 21.5. The number of nitrogens with one attached hydrogen (secondary N) is 4. The molecule has 45 heavy (non-hydrogen) atoms. The fourth-order valence-electron chi connectivity index (χ4n) is 6.12. The van der Waals surface area contributed by atoms with Crippen LogP contribution in [0.15, 0.2) is 54.6 Å². The third kappa shape index (κ3) is 9.04. The lowest BCUT2D eigenvalue weighted by Gasteiger charge is -2.34. The molecule has 1 spiro atoms. The number of phenols is 1. The van der Waals surface area contributed by atoms with E-state index in [9.17, 15) is 34.2 Å². The van der Waals surface area contributed by atoms with Crippen molar-refractivity contribution in [3.8, 4) is 5.75 Å². The second-order valence-electron chi connectivity index (χ2n) is 12.3. The van der Waals surface area contributed by atoms with Gasteiger partial charge in [0.1, 0.15) is 24.4 Å². The first-order valence-corrected chi connectivity index (χ1v) is 15.5. The Bertz CT molecular complexity index is 1360. The Balaban J connectivity index is 1.37. The zero-order chi connectivity index (χ0) is 32.6. The maximum absolute atomic E-state index is 13.5. The van der Waals surface area contributed by atoms with E-state index in [1.54, 1.807) is 53.4 Å². The highest BCUT2D eigenvalue weighted by molar-refractivity contribution is 5.94. The van der Waals surface area contributed by atoms with Gasteiger partial charge in [0.25, 0.3) is 0 Å². The number of aromatic hydroxyl groups is 1. The van der Waals surface area contributed by atoms with E-state index in [0.29, 0.717) is 19.3 Å². The number of phenolic OH excluding ortho intramolecular Hbond substituents is 1. The average Bonchev–Trinajstić information content (AvgIpc) is 3.57. The molecular weight excluding hydrogens is 578 g/mol. The Morgan fingerprint density at radius 1 is 0.933 bits per heavy atom. The zero-order valence-electron chi connectivity index (χ0n) is 25.8. The van der Waals surface area contributed by atoms with Gasteiger partial charge in [-0.05, 0) is 67.7 Å². The number of rotatable bonds is 14. The monoisotopic (exact) mass is 621 g/mol. The molecule has 1 saturated heterocycles. The number of carbonyl (C=O) groups excluding carboxylic acids is 4. The highest BCUT2D eigenvalue weighted by Gasteiger charge is 2.51. The van der Waals surface area contributed by atoms with Crippen LogP contribution in [0.1, 0.15) is 57.1 Å². The molecule has 12 heteroatoms. The predicted molar refractivity (Wildman–Crippen MR) is 166 cm³/mol. The Labute approximate surface area is 262 Å². The van der Waals surface area contributed by atoms with E-state index in [0.717, 1.165) is 24.0 Å². The van der Waals surface area contributed by atoms with Gasteiger partial charge in [0.15, 0.2) is 0 Å². The smallest absolute Gasteiger partial charge is 0.326 e. The Morgan fingerprint density at radius 2 is 1.60 bits per heavy atom. The number of hydrogen-bond donors (Lipinski definition) is 6. The van der Waals surface area contributed by atoms with Crippen LogP contribution >= 0.6 is 0 Å². The first kappa shape index (κ1) is 33.4. The first-order valence-electron chi connectivity index (χ1n) is 15.5. The average molecular weight is 622 g/mol. The molecule has 6 N–H and O–H groups in total. The highest BCUT2D eigenvalue weighted by atomic mass is 16.4. The van der Waals surface area contributed by atoms with E-state index in [1.807, 2.05) is 19.9 Å². The number of nitrogens with zero attached hydrogens (tertiary/aromatic N) is 1. The summed E-state index contributed by atoms with van der Waals surface area (Å²) in [6.07, 6.45) is 4.01. The van der Waals surface area contributed by atoms with Crippen molar-refractivity contribution in [2.24, 2.45) is 5.92 Å². The van der Waals surface area contributed by atoms with Crippen LogP contribution in [0.3, 0.4) is 0 Å². The Hall–Kier alpha value is -4.45. The SMILES string of the molecule is CC(C)C[C@H](NC(=O)[C@H](Cc1ccccc1)NC(=O)CNC(=O)CN1C(=O)C(Cc2ccc(O)cc2)NC12CCCC2)C(=O)O. The van der Waals surface area contributed by atoms with Crippen molar-refractivity contribution in [3.63, 3.8) is 0 Å². The maximum atomic E-state index is 13.5. The van der Waals surface area contributed by atoms with Crippen molar-refractivity contribution in [1.82, 2.24) is 26.2 Å². The van der Waals surface area contributed by atoms with Crippen LogP contribution in [0.25, 0.3) is 0 Å². The largest absolute Gasteiger partial charge is 0.508 e. The van der Waals surface area contributed by atoms with Gasteiger partial charge in [0.2, 0.25) is 23.6 Å². The second kappa shape index (κ2) is 15.0. The lowest BCUT2D eigenvalue weighted by molar-refractivity contribution is -0.142. The summed E-state index contributed by atoms with van der Waals surface area (Å²) in [6.45, 7) is 3.05. The summed E-state index contributed by atoms with van der Waals surface area (Å²) in [5, 5.41) is 30.4. The van der Waals surface area contributed by atoms with Gasteiger partial charge in [0.05, 0.1) is 18.2 Å². The van der Waals surface area contributed by atoms with Gasteiger partial charge in [-0.3, -0.25) is 24.5 Å². The van der Waals surface area contributed by atoms with Crippen LogP contribution < -0.4 is 21.3 Å². The second-order valence-corrected chi connectivity index (χ2v) is 12.3. The van der Waals surface area contributed by atoms with Crippen molar-refractivity contribution in [1.29, 1.82) is 0 Å². The van der Waals surface area contributed by atoms with Crippen LogP contribution in [-0.2, 0) is 36.8 Å². The molecule has 2 aromatic rings. The highest BCUT2D eigenvalue weighted by Crippen LogP contribution is 2.38.